The lowest BCUT2D eigenvalue weighted by molar-refractivity contribution is -0.145. The van der Waals surface area contributed by atoms with Crippen molar-refractivity contribution in [1.82, 2.24) is 0 Å². The molecule has 0 fully saturated rings. The van der Waals surface area contributed by atoms with Gasteiger partial charge in [-0.2, -0.15) is 0 Å². The van der Waals surface area contributed by atoms with Crippen LogP contribution in [0.15, 0.2) is 17.0 Å². The summed E-state index contributed by atoms with van der Waals surface area (Å²) < 4.78 is 5.44. The minimum absolute atomic E-state index is 0.266. The van der Waals surface area contributed by atoms with Crippen molar-refractivity contribution in [3.8, 4) is 5.75 Å². The summed E-state index contributed by atoms with van der Waals surface area (Å²) in [7, 11) is 0. The van der Waals surface area contributed by atoms with E-state index in [9.17, 15) is 9.59 Å². The molecule has 1 aromatic rings. The van der Waals surface area contributed by atoms with Crippen LogP contribution in [0.1, 0.15) is 59.1 Å². The molecule has 0 spiro atoms. The summed E-state index contributed by atoms with van der Waals surface area (Å²) >= 11 is 4.45. The minimum Gasteiger partial charge on any atom is -0.481 e. The number of hydrogen-bond donors (Lipinski definition) is 2. The summed E-state index contributed by atoms with van der Waals surface area (Å²) in [6, 6.07) is 3.73. The zero-order chi connectivity index (χ0) is 17.3. The van der Waals surface area contributed by atoms with E-state index in [1.807, 2.05) is 53.7 Å². The lowest BCUT2D eigenvalue weighted by atomic mass is 9.79. The first kappa shape index (κ1) is 18.6. The zero-order valence-electron chi connectivity index (χ0n) is 14.0. The van der Waals surface area contributed by atoms with Crippen LogP contribution in [0.25, 0.3) is 0 Å². The molecule has 22 heavy (non-hydrogen) atoms. The van der Waals surface area contributed by atoms with Crippen molar-refractivity contribution in [2.75, 3.05) is 0 Å². The van der Waals surface area contributed by atoms with E-state index in [2.05, 4.69) is 12.6 Å². The quantitative estimate of drug-likeness (QED) is 0.382. The number of thiol groups is 1. The van der Waals surface area contributed by atoms with E-state index in [1.165, 1.54) is 0 Å². The third-order valence-corrected chi connectivity index (χ3v) is 3.46. The molecule has 122 valence electrons. The topological polar surface area (TPSA) is 63.6 Å². The Morgan fingerprint density at radius 3 is 1.77 bits per heavy atom. The smallest absolute Gasteiger partial charge is 0.322 e. The molecule has 5 heteroatoms. The van der Waals surface area contributed by atoms with Crippen LogP contribution in [0.2, 0.25) is 0 Å². The van der Waals surface area contributed by atoms with Crippen LogP contribution >= 0.6 is 12.6 Å². The second-order valence-electron chi connectivity index (χ2n) is 7.41. The van der Waals surface area contributed by atoms with E-state index in [-0.39, 0.29) is 10.8 Å². The van der Waals surface area contributed by atoms with Gasteiger partial charge in [0, 0.05) is 16.0 Å². The molecular weight excluding hydrogens is 300 g/mol. The summed E-state index contributed by atoms with van der Waals surface area (Å²) in [5.41, 5.74) is 1.14. The normalized spacial score (nSPS) is 12.1. The molecule has 0 bridgehead atoms. The Kier molecular flexibility index (Phi) is 5.34. The lowest BCUT2D eigenvalue weighted by Crippen LogP contribution is -2.23. The molecule has 0 aromatic heterocycles. The highest BCUT2D eigenvalue weighted by molar-refractivity contribution is 7.80. The molecule has 0 aliphatic heterocycles. The summed E-state index contributed by atoms with van der Waals surface area (Å²) in [5, 5.41) is 8.75. The maximum Gasteiger partial charge on any atom is 0.322 e. The third kappa shape index (κ3) is 4.77. The van der Waals surface area contributed by atoms with E-state index in [1.54, 1.807) is 0 Å². The van der Waals surface area contributed by atoms with Crippen LogP contribution in [-0.4, -0.2) is 17.0 Å². The average molecular weight is 324 g/mol. The van der Waals surface area contributed by atoms with E-state index in [4.69, 9.17) is 9.84 Å². The van der Waals surface area contributed by atoms with Gasteiger partial charge >= 0.3 is 11.9 Å². The second kappa shape index (κ2) is 6.32. The molecule has 0 heterocycles. The first-order valence-electron chi connectivity index (χ1n) is 7.13. The lowest BCUT2D eigenvalue weighted by Gasteiger charge is -2.29. The number of ether oxygens (including phenoxy) is 1. The van der Waals surface area contributed by atoms with Crippen molar-refractivity contribution in [1.29, 1.82) is 0 Å². The average Bonchev–Trinajstić information content (AvgIpc) is 2.26. The molecule has 0 saturated carbocycles. The monoisotopic (exact) mass is 324 g/mol. The standard InChI is InChI=1S/C17H24O4S/c1-16(2,3)11-7-10(22)8-12(17(4,5)6)15(11)21-14(20)9-13(18)19/h7-8,22H,9H2,1-6H3,(H,18,19). The van der Waals surface area contributed by atoms with Crippen LogP contribution in [0.4, 0.5) is 0 Å². The van der Waals surface area contributed by atoms with Crippen molar-refractivity contribution in [3.05, 3.63) is 23.3 Å². The predicted molar refractivity (Wildman–Crippen MR) is 89.0 cm³/mol. The fraction of sp³-hybridized carbons (Fsp3) is 0.529. The van der Waals surface area contributed by atoms with Crippen LogP contribution in [0.3, 0.4) is 0 Å². The number of carbonyl (C=O) groups is 2. The van der Waals surface area contributed by atoms with Gasteiger partial charge in [0.05, 0.1) is 0 Å². The van der Waals surface area contributed by atoms with Crippen LogP contribution < -0.4 is 4.74 Å². The molecule has 0 aliphatic rings. The summed E-state index contributed by atoms with van der Waals surface area (Å²) in [4.78, 5) is 23.3. The van der Waals surface area contributed by atoms with E-state index in [0.717, 1.165) is 16.0 Å². The van der Waals surface area contributed by atoms with Gasteiger partial charge in [0.25, 0.3) is 0 Å². The van der Waals surface area contributed by atoms with Gasteiger partial charge in [0.1, 0.15) is 12.2 Å². The molecule has 0 radical (unpaired) electrons. The maximum absolute atomic E-state index is 11.8. The Bertz CT molecular complexity index is 557. The Morgan fingerprint density at radius 1 is 1.05 bits per heavy atom. The third-order valence-electron chi connectivity index (χ3n) is 3.20. The SMILES string of the molecule is CC(C)(C)c1cc(S)cc(C(C)(C)C)c1OC(=O)CC(=O)O. The summed E-state index contributed by atoms with van der Waals surface area (Å²) in [6.45, 7) is 12.1. The Morgan fingerprint density at radius 2 is 1.45 bits per heavy atom. The van der Waals surface area contributed by atoms with Crippen molar-refractivity contribution in [2.24, 2.45) is 0 Å². The number of rotatable bonds is 3. The van der Waals surface area contributed by atoms with E-state index < -0.39 is 18.4 Å². The van der Waals surface area contributed by atoms with Gasteiger partial charge < -0.3 is 9.84 Å². The van der Waals surface area contributed by atoms with Crippen LogP contribution in [0, 0.1) is 0 Å². The molecule has 0 unspecified atom stereocenters. The number of hydrogen-bond acceptors (Lipinski definition) is 4. The van der Waals surface area contributed by atoms with Crippen molar-refractivity contribution < 1.29 is 19.4 Å². The highest BCUT2D eigenvalue weighted by atomic mass is 32.1. The van der Waals surface area contributed by atoms with Gasteiger partial charge in [-0.3, -0.25) is 9.59 Å². The predicted octanol–water partition coefficient (Wildman–Crippen LogP) is 3.95. The fourth-order valence-electron chi connectivity index (χ4n) is 2.11. The minimum atomic E-state index is -1.20. The largest absolute Gasteiger partial charge is 0.481 e. The number of carbonyl (C=O) groups excluding carboxylic acids is 1. The molecule has 0 amide bonds. The maximum atomic E-state index is 11.8. The molecular formula is C17H24O4S. The zero-order valence-corrected chi connectivity index (χ0v) is 14.9. The molecule has 4 nitrogen and oxygen atoms in total. The molecule has 0 aliphatic carbocycles. The van der Waals surface area contributed by atoms with E-state index >= 15 is 0 Å². The molecule has 1 rings (SSSR count). The first-order chi connectivity index (χ1) is 9.82. The fourth-order valence-corrected chi connectivity index (χ4v) is 2.37. The number of benzene rings is 1. The van der Waals surface area contributed by atoms with Crippen LogP contribution in [-0.2, 0) is 20.4 Å². The first-order valence-corrected chi connectivity index (χ1v) is 7.57. The van der Waals surface area contributed by atoms with Gasteiger partial charge in [-0.15, -0.1) is 12.6 Å². The number of aliphatic carboxylic acids is 1. The number of carboxylic acid groups (broad SMARTS) is 1. The Balaban J connectivity index is 3.49. The van der Waals surface area contributed by atoms with Gasteiger partial charge in [0.2, 0.25) is 0 Å². The summed E-state index contributed by atoms with van der Waals surface area (Å²) in [5.74, 6) is -1.52. The Hall–Kier alpha value is -1.49. The molecule has 1 aromatic carbocycles. The van der Waals surface area contributed by atoms with Gasteiger partial charge in [0.15, 0.2) is 0 Å². The Labute approximate surface area is 137 Å². The number of carboxylic acids is 1. The van der Waals surface area contributed by atoms with Gasteiger partial charge in [-0.1, -0.05) is 41.5 Å². The summed E-state index contributed by atoms with van der Waals surface area (Å²) in [6.07, 6.45) is -0.657. The highest BCUT2D eigenvalue weighted by Gasteiger charge is 2.29. The van der Waals surface area contributed by atoms with Gasteiger partial charge in [-0.05, 0) is 23.0 Å². The van der Waals surface area contributed by atoms with E-state index in [0.29, 0.717) is 5.75 Å². The van der Waals surface area contributed by atoms with Crippen LogP contribution in [0.5, 0.6) is 5.75 Å². The molecule has 0 saturated heterocycles. The molecule has 0 atom stereocenters. The second-order valence-corrected chi connectivity index (χ2v) is 7.93. The molecule has 1 N–H and O–H groups in total. The van der Waals surface area contributed by atoms with Crippen molar-refractivity contribution in [2.45, 2.75) is 63.7 Å². The highest BCUT2D eigenvalue weighted by Crippen LogP contribution is 2.41. The van der Waals surface area contributed by atoms with Gasteiger partial charge in [-0.25, -0.2) is 0 Å². The number of esters is 1. The van der Waals surface area contributed by atoms with Crippen molar-refractivity contribution >= 4 is 24.6 Å². The van der Waals surface area contributed by atoms with Crippen molar-refractivity contribution in [3.63, 3.8) is 0 Å².